The van der Waals surface area contributed by atoms with Gasteiger partial charge in [-0.3, -0.25) is 9.69 Å². The molecule has 0 saturated heterocycles. The average molecular weight is 400 g/mol. The Morgan fingerprint density at radius 1 is 1.10 bits per heavy atom. The first-order valence-corrected chi connectivity index (χ1v) is 9.76. The fraction of sp³-hybridized carbons (Fsp3) is 0.409. The summed E-state index contributed by atoms with van der Waals surface area (Å²) in [4.78, 5) is 14.4. The predicted octanol–water partition coefficient (Wildman–Crippen LogP) is 3.33. The molecular formula is C22H28N2O5. The molecule has 1 amide bonds. The third-order valence-electron chi connectivity index (χ3n) is 4.43. The zero-order valence-electron chi connectivity index (χ0n) is 17.2. The fourth-order valence-electron chi connectivity index (χ4n) is 3.14. The van der Waals surface area contributed by atoms with Gasteiger partial charge in [0.15, 0.2) is 23.0 Å². The van der Waals surface area contributed by atoms with Crippen LogP contribution in [0.4, 0.5) is 5.69 Å². The normalized spacial score (nSPS) is 13.0. The molecule has 0 aromatic heterocycles. The lowest BCUT2D eigenvalue weighted by atomic mass is 10.2. The molecular weight excluding hydrogens is 372 g/mol. The lowest BCUT2D eigenvalue weighted by Crippen LogP contribution is -2.29. The zero-order chi connectivity index (χ0) is 20.6. The van der Waals surface area contributed by atoms with Crippen LogP contribution in [0.2, 0.25) is 0 Å². The summed E-state index contributed by atoms with van der Waals surface area (Å²) in [6.07, 6.45) is 0.845. The van der Waals surface area contributed by atoms with Gasteiger partial charge in [-0.2, -0.15) is 0 Å². The summed E-state index contributed by atoms with van der Waals surface area (Å²) in [7, 11) is 3.52. The second-order valence-electron chi connectivity index (χ2n) is 6.85. The van der Waals surface area contributed by atoms with Gasteiger partial charge in [0, 0.05) is 24.7 Å². The second kappa shape index (κ2) is 10.0. The highest BCUT2D eigenvalue weighted by Crippen LogP contribution is 2.32. The molecule has 3 rings (SSSR count). The van der Waals surface area contributed by atoms with Gasteiger partial charge in [-0.25, -0.2) is 0 Å². The number of ether oxygens (including phenoxy) is 4. The molecule has 1 aliphatic rings. The third-order valence-corrected chi connectivity index (χ3v) is 4.43. The molecule has 0 bridgehead atoms. The lowest BCUT2D eigenvalue weighted by Gasteiger charge is -2.18. The number of methoxy groups -OCH3 is 1. The number of likely N-dealkylation sites (N-methyl/N-ethyl adjacent to an activating group) is 1. The van der Waals surface area contributed by atoms with Crippen molar-refractivity contribution in [2.75, 3.05) is 45.8 Å². The van der Waals surface area contributed by atoms with Crippen molar-refractivity contribution < 1.29 is 23.7 Å². The van der Waals surface area contributed by atoms with Crippen molar-refractivity contribution >= 4 is 11.6 Å². The monoisotopic (exact) mass is 400 g/mol. The molecule has 0 radical (unpaired) electrons. The number of carbonyl (C=O) groups is 1. The Hall–Kier alpha value is -2.93. The van der Waals surface area contributed by atoms with Gasteiger partial charge in [-0.1, -0.05) is 6.07 Å². The van der Waals surface area contributed by atoms with Crippen LogP contribution in [0.15, 0.2) is 36.4 Å². The summed E-state index contributed by atoms with van der Waals surface area (Å²) in [5.74, 6) is 2.68. The van der Waals surface area contributed by atoms with Crippen LogP contribution in [0.3, 0.4) is 0 Å². The minimum absolute atomic E-state index is 0.0973. The Morgan fingerprint density at radius 2 is 1.90 bits per heavy atom. The summed E-state index contributed by atoms with van der Waals surface area (Å²) >= 11 is 0. The number of rotatable bonds is 8. The van der Waals surface area contributed by atoms with Gasteiger partial charge < -0.3 is 24.3 Å². The van der Waals surface area contributed by atoms with E-state index in [1.165, 1.54) is 0 Å². The van der Waals surface area contributed by atoms with Crippen LogP contribution in [-0.2, 0) is 11.3 Å². The highest BCUT2D eigenvalue weighted by Gasteiger charge is 2.13. The molecule has 7 nitrogen and oxygen atoms in total. The van der Waals surface area contributed by atoms with Gasteiger partial charge in [0.25, 0.3) is 0 Å². The first kappa shape index (κ1) is 20.8. The smallest absolute Gasteiger partial charge is 0.238 e. The first-order valence-electron chi connectivity index (χ1n) is 9.76. The van der Waals surface area contributed by atoms with E-state index in [1.807, 2.05) is 49.2 Å². The van der Waals surface area contributed by atoms with Gasteiger partial charge in [0.1, 0.15) is 0 Å². The predicted molar refractivity (Wildman–Crippen MR) is 111 cm³/mol. The maximum atomic E-state index is 12.4. The van der Waals surface area contributed by atoms with Crippen molar-refractivity contribution in [2.45, 2.75) is 19.9 Å². The van der Waals surface area contributed by atoms with Gasteiger partial charge in [-0.05, 0) is 43.8 Å². The summed E-state index contributed by atoms with van der Waals surface area (Å²) < 4.78 is 22.2. The Morgan fingerprint density at radius 3 is 2.66 bits per heavy atom. The van der Waals surface area contributed by atoms with E-state index >= 15 is 0 Å². The highest BCUT2D eigenvalue weighted by molar-refractivity contribution is 5.92. The molecule has 1 N–H and O–H groups in total. The number of benzene rings is 2. The molecule has 7 heteroatoms. The minimum Gasteiger partial charge on any atom is -0.493 e. The summed E-state index contributed by atoms with van der Waals surface area (Å²) in [5.41, 5.74) is 1.73. The molecule has 0 fully saturated rings. The van der Waals surface area contributed by atoms with Crippen molar-refractivity contribution in [2.24, 2.45) is 0 Å². The number of anilines is 1. The van der Waals surface area contributed by atoms with Gasteiger partial charge in [0.05, 0.1) is 33.5 Å². The minimum atomic E-state index is -0.0973. The van der Waals surface area contributed by atoms with Crippen LogP contribution in [0, 0.1) is 0 Å². The lowest BCUT2D eigenvalue weighted by molar-refractivity contribution is -0.117. The second-order valence-corrected chi connectivity index (χ2v) is 6.85. The molecule has 0 spiro atoms. The first-order chi connectivity index (χ1) is 14.1. The molecule has 0 unspecified atom stereocenters. The fourth-order valence-corrected chi connectivity index (χ4v) is 3.14. The van der Waals surface area contributed by atoms with Crippen LogP contribution in [0.5, 0.6) is 23.0 Å². The van der Waals surface area contributed by atoms with E-state index in [0.717, 1.165) is 12.0 Å². The molecule has 29 heavy (non-hydrogen) atoms. The Bertz CT molecular complexity index is 840. The van der Waals surface area contributed by atoms with Crippen molar-refractivity contribution in [3.8, 4) is 23.0 Å². The van der Waals surface area contributed by atoms with Crippen molar-refractivity contribution in [3.63, 3.8) is 0 Å². The molecule has 0 atom stereocenters. The van der Waals surface area contributed by atoms with E-state index in [9.17, 15) is 4.79 Å². The van der Waals surface area contributed by atoms with E-state index in [0.29, 0.717) is 55.1 Å². The number of nitrogens with zero attached hydrogens (tertiary/aromatic N) is 1. The quantitative estimate of drug-likeness (QED) is 0.733. The van der Waals surface area contributed by atoms with E-state index in [2.05, 4.69) is 5.32 Å². The molecule has 2 aromatic rings. The maximum absolute atomic E-state index is 12.4. The number of carbonyl (C=O) groups excluding carboxylic acids is 1. The molecule has 1 aliphatic heterocycles. The van der Waals surface area contributed by atoms with Crippen LogP contribution < -0.4 is 24.3 Å². The summed E-state index contributed by atoms with van der Waals surface area (Å²) in [6.45, 7) is 4.62. The molecule has 2 aromatic carbocycles. The van der Waals surface area contributed by atoms with Crippen molar-refractivity contribution in [1.82, 2.24) is 4.90 Å². The Balaban J connectivity index is 1.56. The number of hydrogen-bond donors (Lipinski definition) is 1. The summed E-state index contributed by atoms with van der Waals surface area (Å²) in [6, 6.07) is 11.3. The van der Waals surface area contributed by atoms with E-state index in [4.69, 9.17) is 18.9 Å². The Labute approximate surface area is 171 Å². The largest absolute Gasteiger partial charge is 0.493 e. The van der Waals surface area contributed by atoms with Crippen LogP contribution in [0.25, 0.3) is 0 Å². The van der Waals surface area contributed by atoms with E-state index in [-0.39, 0.29) is 12.5 Å². The topological polar surface area (TPSA) is 69.3 Å². The third kappa shape index (κ3) is 5.77. The number of nitrogens with one attached hydrogen (secondary N) is 1. The highest BCUT2D eigenvalue weighted by atomic mass is 16.5. The van der Waals surface area contributed by atoms with Gasteiger partial charge >= 0.3 is 0 Å². The number of amides is 1. The molecule has 156 valence electrons. The Kier molecular flexibility index (Phi) is 7.19. The SMILES string of the molecule is CCOc1ccc(CN(C)CC(=O)Nc2ccc3c(c2)OCCCO3)cc1OC. The van der Waals surface area contributed by atoms with Crippen LogP contribution in [-0.4, -0.2) is 51.3 Å². The van der Waals surface area contributed by atoms with Crippen LogP contribution >= 0.6 is 0 Å². The zero-order valence-corrected chi connectivity index (χ0v) is 17.2. The van der Waals surface area contributed by atoms with E-state index in [1.54, 1.807) is 13.2 Å². The average Bonchev–Trinajstić information content (AvgIpc) is 2.94. The number of fused-ring (bicyclic) bond motifs is 1. The maximum Gasteiger partial charge on any atom is 0.238 e. The van der Waals surface area contributed by atoms with Crippen molar-refractivity contribution in [3.05, 3.63) is 42.0 Å². The number of hydrogen-bond acceptors (Lipinski definition) is 6. The summed E-state index contributed by atoms with van der Waals surface area (Å²) in [5, 5.41) is 2.92. The van der Waals surface area contributed by atoms with Gasteiger partial charge in [-0.15, -0.1) is 0 Å². The standard InChI is InChI=1S/C22H28N2O5/c1-4-27-18-8-6-16(12-20(18)26-3)14-24(2)15-22(25)23-17-7-9-19-21(13-17)29-11-5-10-28-19/h6-9,12-13H,4-5,10-11,14-15H2,1-3H3,(H,23,25). The van der Waals surface area contributed by atoms with Crippen molar-refractivity contribution in [1.29, 1.82) is 0 Å². The molecule has 0 aliphatic carbocycles. The van der Waals surface area contributed by atoms with Gasteiger partial charge in [0.2, 0.25) is 5.91 Å². The molecule has 0 saturated carbocycles. The van der Waals surface area contributed by atoms with E-state index < -0.39 is 0 Å². The van der Waals surface area contributed by atoms with Crippen LogP contribution in [0.1, 0.15) is 18.9 Å². The molecule has 1 heterocycles.